The number of aromatic carboxylic acids is 1. The molecule has 0 heterocycles. The summed E-state index contributed by atoms with van der Waals surface area (Å²) in [6.07, 6.45) is 0. The first-order chi connectivity index (χ1) is 10.3. The quantitative estimate of drug-likeness (QED) is 0.887. The Morgan fingerprint density at radius 3 is 2.23 bits per heavy atom. The number of sulfonamides is 1. The van der Waals surface area contributed by atoms with Crippen LogP contribution in [0.15, 0.2) is 47.4 Å². The Kier molecular flexibility index (Phi) is 4.63. The third kappa shape index (κ3) is 3.72. The molecule has 0 spiro atoms. The average Bonchev–Trinajstić information content (AvgIpc) is 2.48. The van der Waals surface area contributed by atoms with E-state index in [1.54, 1.807) is 30.3 Å². The summed E-state index contributed by atoms with van der Waals surface area (Å²) >= 11 is 0. The number of carboxylic acids is 1. The van der Waals surface area contributed by atoms with E-state index in [9.17, 15) is 13.2 Å². The molecular weight excluding hydrogens is 302 g/mol. The van der Waals surface area contributed by atoms with Crippen molar-refractivity contribution in [1.29, 1.82) is 0 Å². The van der Waals surface area contributed by atoms with Gasteiger partial charge >= 0.3 is 5.97 Å². The molecule has 0 bridgehead atoms. The van der Waals surface area contributed by atoms with Gasteiger partial charge in [0.05, 0.1) is 10.5 Å². The van der Waals surface area contributed by atoms with Crippen molar-refractivity contribution >= 4 is 16.0 Å². The number of aryl methyl sites for hydroxylation is 2. The number of hydrogen-bond donors (Lipinski definition) is 2. The van der Waals surface area contributed by atoms with Gasteiger partial charge in [-0.2, -0.15) is 0 Å². The van der Waals surface area contributed by atoms with Crippen molar-refractivity contribution in [2.24, 2.45) is 0 Å². The first-order valence-corrected chi connectivity index (χ1v) is 8.17. The lowest BCUT2D eigenvalue weighted by Crippen LogP contribution is -2.23. The fourth-order valence-electron chi connectivity index (χ4n) is 1.91. The lowest BCUT2D eigenvalue weighted by Gasteiger charge is -2.09. The maximum absolute atomic E-state index is 12.2. The summed E-state index contributed by atoms with van der Waals surface area (Å²) in [4.78, 5) is 11.0. The highest BCUT2D eigenvalue weighted by Gasteiger charge is 2.14. The van der Waals surface area contributed by atoms with Gasteiger partial charge in [-0.25, -0.2) is 17.9 Å². The summed E-state index contributed by atoms with van der Waals surface area (Å²) in [6, 6.07) is 11.0. The van der Waals surface area contributed by atoms with Crippen molar-refractivity contribution < 1.29 is 18.3 Å². The minimum Gasteiger partial charge on any atom is -0.478 e. The van der Waals surface area contributed by atoms with Crippen LogP contribution >= 0.6 is 0 Å². The zero-order chi connectivity index (χ0) is 16.3. The molecule has 0 amide bonds. The highest BCUT2D eigenvalue weighted by atomic mass is 32.2. The molecule has 0 aliphatic rings. The van der Waals surface area contributed by atoms with Gasteiger partial charge in [-0.1, -0.05) is 18.2 Å². The molecule has 2 rings (SSSR count). The number of carbonyl (C=O) groups is 1. The summed E-state index contributed by atoms with van der Waals surface area (Å²) in [7, 11) is -3.59. The number of hydrogen-bond acceptors (Lipinski definition) is 3. The van der Waals surface area contributed by atoms with Crippen LogP contribution in [0.2, 0.25) is 0 Å². The molecule has 0 radical (unpaired) electrons. The second-order valence-corrected chi connectivity index (χ2v) is 6.84. The molecule has 6 heteroatoms. The summed E-state index contributed by atoms with van der Waals surface area (Å²) in [5.41, 5.74) is 2.80. The van der Waals surface area contributed by atoms with Gasteiger partial charge in [0.2, 0.25) is 10.0 Å². The third-order valence-electron chi connectivity index (χ3n) is 3.46. The van der Waals surface area contributed by atoms with Crippen LogP contribution in [0, 0.1) is 13.8 Å². The number of rotatable bonds is 5. The second kappa shape index (κ2) is 6.29. The molecule has 0 atom stereocenters. The zero-order valence-corrected chi connectivity index (χ0v) is 13.1. The van der Waals surface area contributed by atoms with Gasteiger partial charge < -0.3 is 5.11 Å². The molecule has 0 saturated heterocycles. The second-order valence-electron chi connectivity index (χ2n) is 5.07. The fourth-order valence-corrected chi connectivity index (χ4v) is 3.01. The van der Waals surface area contributed by atoms with Gasteiger partial charge in [-0.3, -0.25) is 0 Å². The molecule has 0 aliphatic heterocycles. The standard InChI is InChI=1S/C16H17NO4S/c1-11-3-8-15(9-12(11)2)22(20,21)17-10-13-4-6-14(7-5-13)16(18)19/h3-9,17H,10H2,1-2H3,(H,18,19). The smallest absolute Gasteiger partial charge is 0.335 e. The van der Waals surface area contributed by atoms with Crippen LogP contribution in [-0.2, 0) is 16.6 Å². The highest BCUT2D eigenvalue weighted by molar-refractivity contribution is 7.89. The van der Waals surface area contributed by atoms with Crippen molar-refractivity contribution in [3.63, 3.8) is 0 Å². The van der Waals surface area contributed by atoms with E-state index in [4.69, 9.17) is 5.11 Å². The molecular formula is C16H17NO4S. The maximum Gasteiger partial charge on any atom is 0.335 e. The van der Waals surface area contributed by atoms with Gasteiger partial charge in [-0.05, 0) is 54.8 Å². The Morgan fingerprint density at radius 1 is 1.05 bits per heavy atom. The highest BCUT2D eigenvalue weighted by Crippen LogP contribution is 2.15. The van der Waals surface area contributed by atoms with Crippen LogP contribution in [0.5, 0.6) is 0 Å². The van der Waals surface area contributed by atoms with Crippen molar-refractivity contribution in [3.8, 4) is 0 Å². The van der Waals surface area contributed by atoms with Gasteiger partial charge in [-0.15, -0.1) is 0 Å². The molecule has 5 nitrogen and oxygen atoms in total. The van der Waals surface area contributed by atoms with E-state index >= 15 is 0 Å². The Hall–Kier alpha value is -2.18. The van der Waals surface area contributed by atoms with E-state index in [2.05, 4.69) is 4.72 Å². The Labute approximate surface area is 129 Å². The Bertz CT molecular complexity index is 795. The maximum atomic E-state index is 12.2. The topological polar surface area (TPSA) is 83.5 Å². The number of benzene rings is 2. The van der Waals surface area contributed by atoms with Crippen molar-refractivity contribution in [1.82, 2.24) is 4.72 Å². The molecule has 116 valence electrons. The molecule has 2 aromatic carbocycles. The third-order valence-corrected chi connectivity index (χ3v) is 4.85. The van der Waals surface area contributed by atoms with E-state index in [1.165, 1.54) is 12.1 Å². The van der Waals surface area contributed by atoms with Crippen molar-refractivity contribution in [3.05, 3.63) is 64.7 Å². The van der Waals surface area contributed by atoms with Crippen LogP contribution in [0.3, 0.4) is 0 Å². The van der Waals surface area contributed by atoms with E-state index in [1.807, 2.05) is 13.8 Å². The fraction of sp³-hybridized carbons (Fsp3) is 0.188. The Morgan fingerprint density at radius 2 is 1.68 bits per heavy atom. The molecule has 0 unspecified atom stereocenters. The molecule has 0 saturated carbocycles. The summed E-state index contributed by atoms with van der Waals surface area (Å²) < 4.78 is 27.0. The average molecular weight is 319 g/mol. The van der Waals surface area contributed by atoms with Crippen molar-refractivity contribution in [2.75, 3.05) is 0 Å². The minimum absolute atomic E-state index is 0.106. The first-order valence-electron chi connectivity index (χ1n) is 6.69. The molecule has 0 aliphatic carbocycles. The van der Waals surface area contributed by atoms with E-state index in [0.29, 0.717) is 5.56 Å². The lowest BCUT2D eigenvalue weighted by molar-refractivity contribution is 0.0697. The van der Waals surface area contributed by atoms with Crippen LogP contribution in [0.1, 0.15) is 27.0 Å². The molecule has 0 fully saturated rings. The predicted octanol–water partition coefficient (Wildman–Crippen LogP) is 2.48. The minimum atomic E-state index is -3.59. The van der Waals surface area contributed by atoms with Crippen molar-refractivity contribution in [2.45, 2.75) is 25.3 Å². The van der Waals surface area contributed by atoms with Crippen LogP contribution in [0.4, 0.5) is 0 Å². The van der Waals surface area contributed by atoms with Gasteiger partial charge in [0.15, 0.2) is 0 Å². The molecule has 2 aromatic rings. The van der Waals surface area contributed by atoms with Gasteiger partial charge in [0.25, 0.3) is 0 Å². The largest absolute Gasteiger partial charge is 0.478 e. The predicted molar refractivity (Wildman–Crippen MR) is 83.3 cm³/mol. The van der Waals surface area contributed by atoms with E-state index in [-0.39, 0.29) is 17.0 Å². The zero-order valence-electron chi connectivity index (χ0n) is 12.3. The summed E-state index contributed by atoms with van der Waals surface area (Å²) in [6.45, 7) is 3.89. The monoisotopic (exact) mass is 319 g/mol. The van der Waals surface area contributed by atoms with Crippen LogP contribution in [-0.4, -0.2) is 19.5 Å². The first kappa shape index (κ1) is 16.2. The Balaban J connectivity index is 2.12. The van der Waals surface area contributed by atoms with Crippen LogP contribution in [0.25, 0.3) is 0 Å². The van der Waals surface area contributed by atoms with E-state index in [0.717, 1.165) is 11.1 Å². The summed E-state index contributed by atoms with van der Waals surface area (Å²) in [5, 5.41) is 8.82. The normalized spacial score (nSPS) is 11.4. The molecule has 2 N–H and O–H groups in total. The number of carboxylic acid groups (broad SMARTS) is 1. The number of nitrogens with one attached hydrogen (secondary N) is 1. The molecule has 22 heavy (non-hydrogen) atoms. The van der Waals surface area contributed by atoms with Gasteiger partial charge in [0, 0.05) is 6.54 Å². The lowest BCUT2D eigenvalue weighted by atomic mass is 10.1. The SMILES string of the molecule is Cc1ccc(S(=O)(=O)NCc2ccc(C(=O)O)cc2)cc1C. The van der Waals surface area contributed by atoms with Crippen LogP contribution < -0.4 is 4.72 Å². The van der Waals surface area contributed by atoms with Gasteiger partial charge in [0.1, 0.15) is 0 Å². The van der Waals surface area contributed by atoms with E-state index < -0.39 is 16.0 Å². The summed E-state index contributed by atoms with van der Waals surface area (Å²) in [5.74, 6) is -1.01. The molecule has 0 aromatic heterocycles.